The van der Waals surface area contributed by atoms with Crippen LogP contribution < -0.4 is 5.32 Å². The number of rotatable bonds is 6. The van der Waals surface area contributed by atoms with Crippen molar-refractivity contribution in [2.24, 2.45) is 5.92 Å². The number of carbonyl (C=O) groups excluding carboxylic acids is 2. The standard InChI is InChI=1S/C27H21BrN2O5/c28-19-9-4-17(5-10-19)26-22-3-1-2-21(22)23-14-18(8-13-24(23)29-26)27(32)35-15-25(31)16-6-11-20(12-7-16)30(33)34/h1-2,4-14,21-22,26,29H,3,15H2/t21-,22+,26+/m0/s1. The fourth-order valence-electron chi connectivity index (χ4n) is 4.79. The van der Waals surface area contributed by atoms with Gasteiger partial charge in [0.2, 0.25) is 0 Å². The van der Waals surface area contributed by atoms with E-state index in [2.05, 4.69) is 45.5 Å². The molecule has 0 aromatic heterocycles. The number of nitro benzene ring substituents is 1. The van der Waals surface area contributed by atoms with Crippen molar-refractivity contribution in [2.45, 2.75) is 18.4 Å². The molecule has 3 aromatic carbocycles. The van der Waals surface area contributed by atoms with E-state index in [1.54, 1.807) is 6.07 Å². The number of allylic oxidation sites excluding steroid dienone is 2. The first-order chi connectivity index (χ1) is 16.9. The van der Waals surface area contributed by atoms with Gasteiger partial charge in [-0.05, 0) is 65.9 Å². The quantitative estimate of drug-likeness (QED) is 0.133. The largest absolute Gasteiger partial charge is 0.454 e. The number of hydrogen-bond donors (Lipinski definition) is 1. The summed E-state index contributed by atoms with van der Waals surface area (Å²) >= 11 is 3.49. The number of nitrogens with zero attached hydrogens (tertiary/aromatic N) is 1. The van der Waals surface area contributed by atoms with E-state index in [4.69, 9.17) is 4.74 Å². The monoisotopic (exact) mass is 532 g/mol. The molecule has 1 heterocycles. The number of benzene rings is 3. The molecule has 0 spiro atoms. The second-order valence-electron chi connectivity index (χ2n) is 8.63. The highest BCUT2D eigenvalue weighted by atomic mass is 79.9. The van der Waals surface area contributed by atoms with Crippen LogP contribution in [-0.2, 0) is 4.74 Å². The fraction of sp³-hybridized carbons (Fsp3) is 0.185. The number of esters is 1. The van der Waals surface area contributed by atoms with Crippen LogP contribution in [0.15, 0.2) is 83.4 Å². The number of ether oxygens (including phenoxy) is 1. The normalized spacial score (nSPS) is 19.9. The predicted octanol–water partition coefficient (Wildman–Crippen LogP) is 6.22. The number of fused-ring (bicyclic) bond motifs is 3. The Bertz CT molecular complexity index is 1330. The molecule has 7 nitrogen and oxygen atoms in total. The molecule has 176 valence electrons. The Kier molecular flexibility index (Phi) is 6.21. The summed E-state index contributed by atoms with van der Waals surface area (Å²) in [4.78, 5) is 35.3. The maximum absolute atomic E-state index is 12.7. The molecular weight excluding hydrogens is 512 g/mol. The highest BCUT2D eigenvalue weighted by Crippen LogP contribution is 2.50. The second-order valence-corrected chi connectivity index (χ2v) is 9.55. The fourth-order valence-corrected chi connectivity index (χ4v) is 5.05. The van der Waals surface area contributed by atoms with Gasteiger partial charge in [0, 0.05) is 33.8 Å². The molecule has 1 aliphatic heterocycles. The van der Waals surface area contributed by atoms with Crippen molar-refractivity contribution in [1.29, 1.82) is 0 Å². The van der Waals surface area contributed by atoms with Gasteiger partial charge in [-0.2, -0.15) is 0 Å². The molecule has 0 amide bonds. The molecule has 0 fully saturated rings. The van der Waals surface area contributed by atoms with Crippen LogP contribution in [0.1, 0.15) is 50.2 Å². The Hall–Kier alpha value is -3.78. The van der Waals surface area contributed by atoms with E-state index in [1.807, 2.05) is 24.3 Å². The summed E-state index contributed by atoms with van der Waals surface area (Å²) < 4.78 is 6.30. The lowest BCUT2D eigenvalue weighted by Gasteiger charge is -2.37. The number of hydrogen-bond acceptors (Lipinski definition) is 6. The zero-order valence-corrected chi connectivity index (χ0v) is 20.1. The molecule has 0 saturated heterocycles. The summed E-state index contributed by atoms with van der Waals surface area (Å²) in [6.07, 6.45) is 5.32. The summed E-state index contributed by atoms with van der Waals surface area (Å²) in [6.45, 7) is -0.441. The van der Waals surface area contributed by atoms with Crippen molar-refractivity contribution < 1.29 is 19.2 Å². The summed E-state index contributed by atoms with van der Waals surface area (Å²) in [5.41, 5.74) is 3.74. The molecule has 2 aliphatic rings. The van der Waals surface area contributed by atoms with Gasteiger partial charge in [0.15, 0.2) is 12.4 Å². The summed E-state index contributed by atoms with van der Waals surface area (Å²) in [6, 6.07) is 19.1. The lowest BCUT2D eigenvalue weighted by molar-refractivity contribution is -0.384. The molecule has 5 rings (SSSR count). The first-order valence-corrected chi connectivity index (χ1v) is 12.0. The number of nitro groups is 1. The minimum Gasteiger partial charge on any atom is -0.454 e. The molecule has 0 saturated carbocycles. The van der Waals surface area contributed by atoms with Crippen LogP contribution >= 0.6 is 15.9 Å². The maximum Gasteiger partial charge on any atom is 0.338 e. The first kappa shape index (κ1) is 23.0. The van der Waals surface area contributed by atoms with Gasteiger partial charge < -0.3 is 10.1 Å². The highest BCUT2D eigenvalue weighted by molar-refractivity contribution is 9.10. The number of ketones is 1. The number of nitrogens with one attached hydrogen (secondary N) is 1. The molecule has 1 N–H and O–H groups in total. The number of anilines is 1. The van der Waals surface area contributed by atoms with E-state index < -0.39 is 23.3 Å². The van der Waals surface area contributed by atoms with Gasteiger partial charge in [-0.1, -0.05) is 40.2 Å². The minimum atomic E-state index is -0.586. The third kappa shape index (κ3) is 4.61. The van der Waals surface area contributed by atoms with Crippen LogP contribution in [-0.4, -0.2) is 23.3 Å². The summed E-state index contributed by atoms with van der Waals surface area (Å²) in [7, 11) is 0. The molecule has 1 aliphatic carbocycles. The maximum atomic E-state index is 12.7. The van der Waals surface area contributed by atoms with Crippen molar-refractivity contribution >= 4 is 39.1 Å². The minimum absolute atomic E-state index is 0.108. The van der Waals surface area contributed by atoms with Crippen LogP contribution in [0.3, 0.4) is 0 Å². The Balaban J connectivity index is 1.30. The highest BCUT2D eigenvalue weighted by Gasteiger charge is 2.38. The molecule has 8 heteroatoms. The van der Waals surface area contributed by atoms with Gasteiger partial charge in [-0.3, -0.25) is 14.9 Å². The average molecular weight is 533 g/mol. The zero-order valence-electron chi connectivity index (χ0n) is 18.5. The third-order valence-corrected chi connectivity index (χ3v) is 7.09. The third-order valence-electron chi connectivity index (χ3n) is 6.56. The van der Waals surface area contributed by atoms with E-state index in [1.165, 1.54) is 29.8 Å². The van der Waals surface area contributed by atoms with Crippen molar-refractivity contribution in [3.8, 4) is 0 Å². The van der Waals surface area contributed by atoms with Gasteiger partial charge in [-0.25, -0.2) is 4.79 Å². The van der Waals surface area contributed by atoms with Crippen LogP contribution in [0.4, 0.5) is 11.4 Å². The van der Waals surface area contributed by atoms with E-state index in [-0.39, 0.29) is 23.2 Å². The van der Waals surface area contributed by atoms with Crippen LogP contribution in [0, 0.1) is 16.0 Å². The molecule has 0 radical (unpaired) electrons. The molecule has 0 unspecified atom stereocenters. The second kappa shape index (κ2) is 9.46. The lowest BCUT2D eigenvalue weighted by atomic mass is 9.76. The van der Waals surface area contributed by atoms with Crippen LogP contribution in [0.5, 0.6) is 0 Å². The number of halogens is 1. The van der Waals surface area contributed by atoms with Gasteiger partial charge in [0.25, 0.3) is 5.69 Å². The van der Waals surface area contributed by atoms with Gasteiger partial charge in [0.1, 0.15) is 0 Å². The molecule has 3 aromatic rings. The Morgan fingerprint density at radius 1 is 1.03 bits per heavy atom. The molecule has 0 bridgehead atoms. The Morgan fingerprint density at radius 2 is 1.74 bits per heavy atom. The van der Waals surface area contributed by atoms with Crippen molar-refractivity contribution in [1.82, 2.24) is 0 Å². The summed E-state index contributed by atoms with van der Waals surface area (Å²) in [5, 5.41) is 14.4. The smallest absolute Gasteiger partial charge is 0.338 e. The van der Waals surface area contributed by atoms with Crippen molar-refractivity contribution in [3.05, 3.63) is 116 Å². The van der Waals surface area contributed by atoms with E-state index in [0.717, 1.165) is 22.1 Å². The molecular formula is C27H21BrN2O5. The predicted molar refractivity (Wildman–Crippen MR) is 135 cm³/mol. The zero-order chi connectivity index (χ0) is 24.5. The van der Waals surface area contributed by atoms with Gasteiger partial charge >= 0.3 is 5.97 Å². The summed E-state index contributed by atoms with van der Waals surface area (Å²) in [5.74, 6) is -0.506. The number of non-ortho nitro benzene ring substituents is 1. The van der Waals surface area contributed by atoms with Crippen molar-refractivity contribution in [2.75, 3.05) is 11.9 Å². The van der Waals surface area contributed by atoms with Crippen molar-refractivity contribution in [3.63, 3.8) is 0 Å². The first-order valence-electron chi connectivity index (χ1n) is 11.2. The Morgan fingerprint density at radius 3 is 2.46 bits per heavy atom. The SMILES string of the molecule is O=C(COC(=O)c1ccc2c(c1)[C@H]1C=CC[C@H]1[C@@H](c1ccc(Br)cc1)N2)c1ccc([N+](=O)[O-])cc1. The van der Waals surface area contributed by atoms with E-state index in [0.29, 0.717) is 11.5 Å². The Labute approximate surface area is 210 Å². The van der Waals surface area contributed by atoms with Gasteiger partial charge in [-0.15, -0.1) is 0 Å². The van der Waals surface area contributed by atoms with E-state index >= 15 is 0 Å². The number of Topliss-reactive ketones (excluding diaryl/α,β-unsaturated/α-hetero) is 1. The van der Waals surface area contributed by atoms with Gasteiger partial charge in [0.05, 0.1) is 16.5 Å². The number of carbonyl (C=O) groups is 2. The topological polar surface area (TPSA) is 98.5 Å². The lowest BCUT2D eigenvalue weighted by Crippen LogP contribution is -2.29. The molecule has 35 heavy (non-hydrogen) atoms. The van der Waals surface area contributed by atoms with Crippen LogP contribution in [0.25, 0.3) is 0 Å². The van der Waals surface area contributed by atoms with Crippen LogP contribution in [0.2, 0.25) is 0 Å². The van der Waals surface area contributed by atoms with E-state index in [9.17, 15) is 19.7 Å². The molecule has 3 atom stereocenters. The average Bonchev–Trinajstić information content (AvgIpc) is 3.37.